The van der Waals surface area contributed by atoms with Crippen LogP contribution < -0.4 is 10.5 Å². The van der Waals surface area contributed by atoms with Crippen LogP contribution in [-0.2, 0) is 23.1 Å². The van der Waals surface area contributed by atoms with Crippen molar-refractivity contribution in [1.29, 1.82) is 0 Å². The molecule has 2 aromatic rings. The standard InChI is InChI=1S/C13H15BrFN3O2S/c1-2-18-8-11(6-10(18)7-16)21(19,20)17-13-5-9(15)3-4-12(13)14/h3-6,8,17H,2,7,16H2,1H3. The first-order valence-electron chi connectivity index (χ1n) is 6.24. The van der Waals surface area contributed by atoms with E-state index >= 15 is 0 Å². The Balaban J connectivity index is 2.38. The van der Waals surface area contributed by atoms with Crippen molar-refractivity contribution in [2.45, 2.75) is 24.9 Å². The molecule has 0 fully saturated rings. The lowest BCUT2D eigenvalue weighted by atomic mass is 10.3. The van der Waals surface area contributed by atoms with Crippen LogP contribution in [0, 0.1) is 5.82 Å². The molecule has 3 N–H and O–H groups in total. The number of hydrogen-bond acceptors (Lipinski definition) is 3. The molecule has 21 heavy (non-hydrogen) atoms. The molecule has 0 aliphatic heterocycles. The third-order valence-corrected chi connectivity index (χ3v) is 5.02. The summed E-state index contributed by atoms with van der Waals surface area (Å²) in [5, 5.41) is 0. The van der Waals surface area contributed by atoms with Crippen LogP contribution in [0.15, 0.2) is 39.8 Å². The average Bonchev–Trinajstić information content (AvgIpc) is 2.86. The summed E-state index contributed by atoms with van der Waals surface area (Å²) in [6, 6.07) is 5.30. The van der Waals surface area contributed by atoms with E-state index in [1.54, 1.807) is 4.57 Å². The molecular weight excluding hydrogens is 361 g/mol. The molecule has 8 heteroatoms. The predicted octanol–water partition coefficient (Wildman–Crippen LogP) is 2.67. The van der Waals surface area contributed by atoms with E-state index in [9.17, 15) is 12.8 Å². The Kier molecular flexibility index (Phi) is 4.70. The number of aryl methyl sites for hydroxylation is 1. The van der Waals surface area contributed by atoms with Crippen molar-refractivity contribution in [1.82, 2.24) is 4.57 Å². The van der Waals surface area contributed by atoms with Crippen molar-refractivity contribution < 1.29 is 12.8 Å². The molecule has 0 saturated carbocycles. The molecule has 1 heterocycles. The number of nitrogens with one attached hydrogen (secondary N) is 1. The van der Waals surface area contributed by atoms with Gasteiger partial charge in [-0.1, -0.05) is 0 Å². The molecular formula is C13H15BrFN3O2S. The van der Waals surface area contributed by atoms with E-state index in [1.807, 2.05) is 6.92 Å². The quantitative estimate of drug-likeness (QED) is 0.843. The second kappa shape index (κ2) is 6.17. The van der Waals surface area contributed by atoms with Crippen molar-refractivity contribution in [3.63, 3.8) is 0 Å². The van der Waals surface area contributed by atoms with Crippen molar-refractivity contribution in [2.75, 3.05) is 4.72 Å². The molecule has 0 spiro atoms. The molecule has 1 aromatic heterocycles. The van der Waals surface area contributed by atoms with E-state index in [0.29, 0.717) is 11.0 Å². The summed E-state index contributed by atoms with van der Waals surface area (Å²) in [5.74, 6) is -0.523. The Morgan fingerprint density at radius 2 is 2.10 bits per heavy atom. The molecule has 0 atom stereocenters. The Morgan fingerprint density at radius 3 is 2.67 bits per heavy atom. The third-order valence-electron chi connectivity index (χ3n) is 2.99. The number of sulfonamides is 1. The average molecular weight is 376 g/mol. The van der Waals surface area contributed by atoms with Gasteiger partial charge in [0.25, 0.3) is 10.0 Å². The summed E-state index contributed by atoms with van der Waals surface area (Å²) in [4.78, 5) is 0.0981. The highest BCUT2D eigenvalue weighted by Crippen LogP contribution is 2.26. The largest absolute Gasteiger partial charge is 0.349 e. The van der Waals surface area contributed by atoms with Crippen molar-refractivity contribution >= 4 is 31.6 Å². The first kappa shape index (κ1) is 16.0. The van der Waals surface area contributed by atoms with E-state index < -0.39 is 15.8 Å². The zero-order valence-corrected chi connectivity index (χ0v) is 13.7. The van der Waals surface area contributed by atoms with E-state index in [1.165, 1.54) is 24.4 Å². The highest BCUT2D eigenvalue weighted by Gasteiger charge is 2.19. The van der Waals surface area contributed by atoms with Gasteiger partial charge in [-0.2, -0.15) is 0 Å². The van der Waals surface area contributed by atoms with Gasteiger partial charge < -0.3 is 10.3 Å². The molecule has 0 bridgehead atoms. The van der Waals surface area contributed by atoms with Gasteiger partial charge in [-0.15, -0.1) is 0 Å². The van der Waals surface area contributed by atoms with Crippen molar-refractivity contribution in [3.8, 4) is 0 Å². The maximum atomic E-state index is 13.2. The number of hydrogen-bond donors (Lipinski definition) is 2. The SMILES string of the molecule is CCn1cc(S(=O)(=O)Nc2cc(F)ccc2Br)cc1CN. The summed E-state index contributed by atoms with van der Waals surface area (Å²) in [6.45, 7) is 2.75. The summed E-state index contributed by atoms with van der Waals surface area (Å²) in [5.41, 5.74) is 6.45. The van der Waals surface area contributed by atoms with E-state index in [2.05, 4.69) is 20.7 Å². The fraction of sp³-hybridized carbons (Fsp3) is 0.231. The highest BCUT2D eigenvalue weighted by atomic mass is 79.9. The normalized spacial score (nSPS) is 11.6. The van der Waals surface area contributed by atoms with Gasteiger partial charge in [0.2, 0.25) is 0 Å². The van der Waals surface area contributed by atoms with Crippen LogP contribution in [0.2, 0.25) is 0 Å². The molecule has 0 aliphatic carbocycles. The number of rotatable bonds is 5. The minimum atomic E-state index is -3.80. The third kappa shape index (κ3) is 3.45. The number of benzene rings is 1. The van der Waals surface area contributed by atoms with E-state index in [4.69, 9.17) is 5.73 Å². The molecule has 0 amide bonds. The van der Waals surface area contributed by atoms with E-state index in [-0.39, 0.29) is 17.1 Å². The summed E-state index contributed by atoms with van der Waals surface area (Å²) < 4.78 is 42.5. The molecule has 0 saturated heterocycles. The van der Waals surface area contributed by atoms with Crippen LogP contribution in [0.3, 0.4) is 0 Å². The lowest BCUT2D eigenvalue weighted by Gasteiger charge is -2.08. The molecule has 5 nitrogen and oxygen atoms in total. The second-order valence-electron chi connectivity index (χ2n) is 4.39. The van der Waals surface area contributed by atoms with Gasteiger partial charge in [0.1, 0.15) is 10.7 Å². The lowest BCUT2D eigenvalue weighted by Crippen LogP contribution is -2.13. The van der Waals surface area contributed by atoms with Gasteiger partial charge in [-0.25, -0.2) is 12.8 Å². The van der Waals surface area contributed by atoms with Crippen LogP contribution >= 0.6 is 15.9 Å². The fourth-order valence-corrected chi connectivity index (χ4v) is 3.53. The van der Waals surface area contributed by atoms with Crippen LogP contribution in [0.1, 0.15) is 12.6 Å². The van der Waals surface area contributed by atoms with Crippen LogP contribution in [0.25, 0.3) is 0 Å². The zero-order valence-electron chi connectivity index (χ0n) is 11.3. The number of aromatic nitrogens is 1. The molecule has 0 aliphatic rings. The number of anilines is 1. The van der Waals surface area contributed by atoms with Gasteiger partial charge in [0.15, 0.2) is 0 Å². The summed E-state index contributed by atoms with van der Waals surface area (Å²) >= 11 is 3.18. The van der Waals surface area contributed by atoms with Gasteiger partial charge in [-0.3, -0.25) is 4.72 Å². The predicted molar refractivity (Wildman–Crippen MR) is 82.9 cm³/mol. The maximum Gasteiger partial charge on any atom is 0.263 e. The Morgan fingerprint density at radius 1 is 1.38 bits per heavy atom. The maximum absolute atomic E-state index is 13.2. The highest BCUT2D eigenvalue weighted by molar-refractivity contribution is 9.10. The van der Waals surface area contributed by atoms with E-state index in [0.717, 1.165) is 11.8 Å². The Bertz CT molecular complexity index is 737. The minimum Gasteiger partial charge on any atom is -0.349 e. The second-order valence-corrected chi connectivity index (χ2v) is 6.92. The Hall–Kier alpha value is -1.38. The van der Waals surface area contributed by atoms with Crippen LogP contribution in [0.5, 0.6) is 0 Å². The fourth-order valence-electron chi connectivity index (χ4n) is 1.92. The number of halogens is 2. The van der Waals surface area contributed by atoms with Gasteiger partial charge in [-0.05, 0) is 47.1 Å². The van der Waals surface area contributed by atoms with Crippen LogP contribution in [0.4, 0.5) is 10.1 Å². The van der Waals surface area contributed by atoms with Gasteiger partial charge in [0.05, 0.1) is 5.69 Å². The Labute approximate surface area is 131 Å². The topological polar surface area (TPSA) is 77.1 Å². The van der Waals surface area contributed by atoms with Gasteiger partial charge in [0, 0.05) is 29.5 Å². The molecule has 0 radical (unpaired) electrons. The van der Waals surface area contributed by atoms with Crippen LogP contribution in [-0.4, -0.2) is 13.0 Å². The monoisotopic (exact) mass is 375 g/mol. The smallest absolute Gasteiger partial charge is 0.263 e. The zero-order chi connectivity index (χ0) is 15.6. The number of nitrogens with zero attached hydrogens (tertiary/aromatic N) is 1. The first-order chi connectivity index (χ1) is 9.87. The van der Waals surface area contributed by atoms with Crippen molar-refractivity contribution in [2.24, 2.45) is 5.73 Å². The molecule has 0 unspecified atom stereocenters. The lowest BCUT2D eigenvalue weighted by molar-refractivity contribution is 0.600. The summed E-state index contributed by atoms with van der Waals surface area (Å²) in [7, 11) is -3.80. The molecule has 1 aromatic carbocycles. The van der Waals surface area contributed by atoms with Crippen molar-refractivity contribution in [3.05, 3.63) is 46.4 Å². The number of nitrogens with two attached hydrogens (primary N) is 1. The van der Waals surface area contributed by atoms with Gasteiger partial charge >= 0.3 is 0 Å². The minimum absolute atomic E-state index is 0.0981. The molecule has 114 valence electrons. The summed E-state index contributed by atoms with van der Waals surface area (Å²) in [6.07, 6.45) is 1.51. The first-order valence-corrected chi connectivity index (χ1v) is 8.52. The molecule has 2 rings (SSSR count).